The lowest BCUT2D eigenvalue weighted by Gasteiger charge is -2.00. The highest BCUT2D eigenvalue weighted by atomic mass is 16.3. The summed E-state index contributed by atoms with van der Waals surface area (Å²) in [5, 5.41) is 9.15. The van der Waals surface area contributed by atoms with Crippen molar-refractivity contribution in [2.24, 2.45) is 0 Å². The van der Waals surface area contributed by atoms with E-state index in [9.17, 15) is 0 Å². The highest BCUT2D eigenvalue weighted by Crippen LogP contribution is 2.04. The van der Waals surface area contributed by atoms with E-state index in [4.69, 9.17) is 5.11 Å². The Kier molecular flexibility index (Phi) is 18.1. The highest BCUT2D eigenvalue weighted by molar-refractivity contribution is 4.99. The molecule has 1 nitrogen and oxygen atoms in total. The number of unbranched alkanes of at least 4 members (excludes halogenated alkanes) is 5. The monoisotopic (exact) mass is 318 g/mol. The summed E-state index contributed by atoms with van der Waals surface area (Å²) < 4.78 is 0. The SMILES string of the molecule is CCCCCC=CCC=CCC=CCC=CCCCCC(C)O. The molecular formula is C22H38O. The number of hydrogen-bond donors (Lipinski definition) is 1. The Morgan fingerprint density at radius 2 is 1.09 bits per heavy atom. The van der Waals surface area contributed by atoms with Gasteiger partial charge in [0.25, 0.3) is 0 Å². The summed E-state index contributed by atoms with van der Waals surface area (Å²) in [6.07, 6.45) is 30.6. The van der Waals surface area contributed by atoms with Crippen LogP contribution in [-0.4, -0.2) is 11.2 Å². The van der Waals surface area contributed by atoms with Crippen LogP contribution in [0.2, 0.25) is 0 Å². The van der Waals surface area contributed by atoms with Crippen molar-refractivity contribution in [1.29, 1.82) is 0 Å². The maximum Gasteiger partial charge on any atom is 0.0512 e. The van der Waals surface area contributed by atoms with Gasteiger partial charge in [-0.3, -0.25) is 0 Å². The van der Waals surface area contributed by atoms with Crippen LogP contribution < -0.4 is 0 Å². The van der Waals surface area contributed by atoms with Crippen LogP contribution in [0.15, 0.2) is 48.6 Å². The molecular weight excluding hydrogens is 280 g/mol. The molecule has 0 amide bonds. The molecule has 0 fully saturated rings. The fourth-order valence-electron chi connectivity index (χ4n) is 2.26. The van der Waals surface area contributed by atoms with Crippen LogP contribution in [0.3, 0.4) is 0 Å². The van der Waals surface area contributed by atoms with E-state index < -0.39 is 0 Å². The predicted octanol–water partition coefficient (Wildman–Crippen LogP) is 6.90. The average Bonchev–Trinajstić information content (AvgIpc) is 2.53. The van der Waals surface area contributed by atoms with Crippen molar-refractivity contribution < 1.29 is 5.11 Å². The van der Waals surface area contributed by atoms with Crippen LogP contribution in [0.5, 0.6) is 0 Å². The lowest BCUT2D eigenvalue weighted by atomic mass is 10.1. The van der Waals surface area contributed by atoms with Crippen molar-refractivity contribution in [3.05, 3.63) is 48.6 Å². The molecule has 0 saturated heterocycles. The van der Waals surface area contributed by atoms with Crippen molar-refractivity contribution in [3.63, 3.8) is 0 Å². The maximum absolute atomic E-state index is 9.15. The van der Waals surface area contributed by atoms with E-state index in [2.05, 4.69) is 55.5 Å². The molecule has 1 atom stereocenters. The predicted molar refractivity (Wildman–Crippen MR) is 105 cm³/mol. The molecule has 1 heteroatoms. The molecule has 1 unspecified atom stereocenters. The molecule has 0 saturated carbocycles. The normalized spacial score (nSPS) is 14.0. The highest BCUT2D eigenvalue weighted by Gasteiger charge is 1.93. The van der Waals surface area contributed by atoms with Gasteiger partial charge in [-0.05, 0) is 58.3 Å². The van der Waals surface area contributed by atoms with Crippen molar-refractivity contribution >= 4 is 0 Å². The molecule has 0 bridgehead atoms. The lowest BCUT2D eigenvalue weighted by Crippen LogP contribution is -1.97. The number of allylic oxidation sites excluding steroid dienone is 8. The van der Waals surface area contributed by atoms with E-state index in [1.54, 1.807) is 0 Å². The second kappa shape index (κ2) is 19.0. The van der Waals surface area contributed by atoms with Crippen LogP contribution in [0.1, 0.15) is 84.5 Å². The molecule has 0 spiro atoms. The first-order valence-corrected chi connectivity index (χ1v) is 9.55. The Morgan fingerprint density at radius 1 is 0.652 bits per heavy atom. The number of aliphatic hydroxyl groups is 1. The third-order valence-electron chi connectivity index (χ3n) is 3.70. The molecule has 1 N–H and O–H groups in total. The molecule has 0 radical (unpaired) electrons. The minimum atomic E-state index is -0.147. The summed E-state index contributed by atoms with van der Waals surface area (Å²) in [5.74, 6) is 0. The van der Waals surface area contributed by atoms with Gasteiger partial charge in [-0.15, -0.1) is 0 Å². The lowest BCUT2D eigenvalue weighted by molar-refractivity contribution is 0.181. The van der Waals surface area contributed by atoms with Gasteiger partial charge in [-0.1, -0.05) is 74.8 Å². The van der Waals surface area contributed by atoms with E-state index >= 15 is 0 Å². The van der Waals surface area contributed by atoms with E-state index in [0.29, 0.717) is 0 Å². The van der Waals surface area contributed by atoms with Gasteiger partial charge < -0.3 is 5.11 Å². The number of aliphatic hydroxyl groups excluding tert-OH is 1. The summed E-state index contributed by atoms with van der Waals surface area (Å²) >= 11 is 0. The van der Waals surface area contributed by atoms with Gasteiger partial charge in [0.05, 0.1) is 6.10 Å². The first-order valence-electron chi connectivity index (χ1n) is 9.55. The average molecular weight is 319 g/mol. The molecule has 0 aliphatic rings. The van der Waals surface area contributed by atoms with Crippen molar-refractivity contribution in [2.75, 3.05) is 0 Å². The third kappa shape index (κ3) is 20.9. The Hall–Kier alpha value is -1.08. The Labute approximate surface area is 144 Å². The molecule has 23 heavy (non-hydrogen) atoms. The minimum Gasteiger partial charge on any atom is -0.393 e. The first kappa shape index (κ1) is 21.9. The largest absolute Gasteiger partial charge is 0.393 e. The topological polar surface area (TPSA) is 20.2 Å². The van der Waals surface area contributed by atoms with Crippen LogP contribution in [0, 0.1) is 0 Å². The third-order valence-corrected chi connectivity index (χ3v) is 3.70. The smallest absolute Gasteiger partial charge is 0.0512 e. The molecule has 0 aliphatic heterocycles. The zero-order valence-corrected chi connectivity index (χ0v) is 15.4. The Morgan fingerprint density at radius 3 is 1.52 bits per heavy atom. The molecule has 0 rings (SSSR count). The summed E-state index contributed by atoms with van der Waals surface area (Å²) in [6.45, 7) is 4.11. The fraction of sp³-hybridized carbons (Fsp3) is 0.636. The maximum atomic E-state index is 9.15. The van der Waals surface area contributed by atoms with E-state index in [-0.39, 0.29) is 6.10 Å². The summed E-state index contributed by atoms with van der Waals surface area (Å²) in [6, 6.07) is 0. The van der Waals surface area contributed by atoms with Crippen LogP contribution in [0.4, 0.5) is 0 Å². The van der Waals surface area contributed by atoms with Gasteiger partial charge in [0.15, 0.2) is 0 Å². The Bertz CT molecular complexity index is 334. The van der Waals surface area contributed by atoms with Gasteiger partial charge in [0.2, 0.25) is 0 Å². The molecule has 0 aromatic rings. The van der Waals surface area contributed by atoms with E-state index in [1.165, 1.54) is 32.1 Å². The standard InChI is InChI=1S/C22H38O/c1-3-4-5-6-7-8-9-10-11-12-13-14-15-16-17-18-19-20-21-22(2)23/h7-8,10-11,13-14,16-17,22-23H,3-6,9,12,15,18-21H2,1-2H3. The minimum absolute atomic E-state index is 0.147. The zero-order chi connectivity index (χ0) is 17.0. The van der Waals surface area contributed by atoms with Gasteiger partial charge in [0.1, 0.15) is 0 Å². The van der Waals surface area contributed by atoms with Crippen molar-refractivity contribution in [1.82, 2.24) is 0 Å². The first-order chi connectivity index (χ1) is 11.3. The summed E-state index contributed by atoms with van der Waals surface area (Å²) in [5.41, 5.74) is 0. The molecule has 0 aliphatic carbocycles. The molecule has 0 aromatic carbocycles. The summed E-state index contributed by atoms with van der Waals surface area (Å²) in [7, 11) is 0. The van der Waals surface area contributed by atoms with Crippen LogP contribution in [0.25, 0.3) is 0 Å². The van der Waals surface area contributed by atoms with E-state index in [0.717, 1.165) is 38.5 Å². The fourth-order valence-corrected chi connectivity index (χ4v) is 2.26. The quantitative estimate of drug-likeness (QED) is 0.257. The van der Waals surface area contributed by atoms with Crippen LogP contribution >= 0.6 is 0 Å². The van der Waals surface area contributed by atoms with Crippen LogP contribution in [-0.2, 0) is 0 Å². The van der Waals surface area contributed by atoms with Crippen molar-refractivity contribution in [2.45, 2.75) is 90.6 Å². The van der Waals surface area contributed by atoms with Gasteiger partial charge in [-0.2, -0.15) is 0 Å². The van der Waals surface area contributed by atoms with Gasteiger partial charge in [-0.25, -0.2) is 0 Å². The molecule has 132 valence electrons. The number of hydrogen-bond acceptors (Lipinski definition) is 1. The Balaban J connectivity index is 3.37. The second-order valence-electron chi connectivity index (χ2n) is 6.22. The van der Waals surface area contributed by atoms with Gasteiger partial charge in [0, 0.05) is 0 Å². The van der Waals surface area contributed by atoms with E-state index in [1.807, 2.05) is 6.92 Å². The van der Waals surface area contributed by atoms with Crippen molar-refractivity contribution in [3.8, 4) is 0 Å². The molecule has 0 aromatic heterocycles. The molecule has 0 heterocycles. The second-order valence-corrected chi connectivity index (χ2v) is 6.22. The van der Waals surface area contributed by atoms with Gasteiger partial charge >= 0.3 is 0 Å². The summed E-state index contributed by atoms with van der Waals surface area (Å²) in [4.78, 5) is 0. The number of rotatable bonds is 15. The zero-order valence-electron chi connectivity index (χ0n) is 15.4.